The van der Waals surface area contributed by atoms with Crippen molar-refractivity contribution < 1.29 is 18.8 Å². The largest absolute Gasteiger partial charge is 0.467 e. The molecule has 3 amide bonds. The highest BCUT2D eigenvalue weighted by molar-refractivity contribution is 5.97. The second kappa shape index (κ2) is 11.0. The van der Waals surface area contributed by atoms with Gasteiger partial charge in [0.15, 0.2) is 0 Å². The van der Waals surface area contributed by atoms with Gasteiger partial charge in [-0.15, -0.1) is 0 Å². The summed E-state index contributed by atoms with van der Waals surface area (Å²) in [4.78, 5) is 40.6. The number of amides is 3. The Morgan fingerprint density at radius 3 is 2.41 bits per heavy atom. The monoisotopic (exact) mass is 439 g/mol. The number of hydrogen-bond acceptors (Lipinski definition) is 4. The highest BCUT2D eigenvalue weighted by atomic mass is 16.3. The van der Waals surface area contributed by atoms with Crippen molar-refractivity contribution in [1.29, 1.82) is 0 Å². The highest BCUT2D eigenvalue weighted by Crippen LogP contribution is 2.25. The van der Waals surface area contributed by atoms with Crippen molar-refractivity contribution in [3.63, 3.8) is 0 Å². The van der Waals surface area contributed by atoms with E-state index in [1.165, 1.54) is 11.3 Å². The van der Waals surface area contributed by atoms with Crippen LogP contribution in [-0.4, -0.2) is 40.7 Å². The summed E-state index contributed by atoms with van der Waals surface area (Å²) >= 11 is 0. The predicted octanol–water partition coefficient (Wildman–Crippen LogP) is 3.66. The summed E-state index contributed by atoms with van der Waals surface area (Å²) < 4.78 is 5.47. The summed E-state index contributed by atoms with van der Waals surface area (Å²) in [6.45, 7) is 3.62. The van der Waals surface area contributed by atoms with Gasteiger partial charge in [-0.25, -0.2) is 0 Å². The van der Waals surface area contributed by atoms with E-state index in [1.54, 1.807) is 49.6 Å². The van der Waals surface area contributed by atoms with Crippen molar-refractivity contribution in [2.24, 2.45) is 0 Å². The molecule has 2 N–H and O–H groups in total. The molecular weight excluding hydrogens is 406 g/mol. The van der Waals surface area contributed by atoms with Gasteiger partial charge < -0.3 is 20.0 Å². The first-order valence-electron chi connectivity index (χ1n) is 11.4. The number of hydrogen-bond donors (Lipinski definition) is 2. The first kappa shape index (κ1) is 23.6. The second-order valence-corrected chi connectivity index (χ2v) is 8.54. The Kier molecular flexibility index (Phi) is 8.09. The number of carbonyl (C=O) groups excluding carboxylic acids is 3. The number of rotatable bonds is 9. The molecule has 1 saturated carbocycles. The number of benzene rings is 1. The molecule has 0 radical (unpaired) electrons. The minimum absolute atomic E-state index is 0.139. The topological polar surface area (TPSA) is 91.7 Å². The lowest BCUT2D eigenvalue weighted by Crippen LogP contribution is -2.61. The third-order valence-electron chi connectivity index (χ3n) is 6.34. The van der Waals surface area contributed by atoms with E-state index >= 15 is 0 Å². The normalized spacial score (nSPS) is 16.1. The number of furan rings is 1. The van der Waals surface area contributed by atoms with Crippen molar-refractivity contribution >= 4 is 17.7 Å². The molecule has 0 aliphatic heterocycles. The van der Waals surface area contributed by atoms with Crippen LogP contribution in [-0.2, 0) is 16.1 Å². The summed E-state index contributed by atoms with van der Waals surface area (Å²) in [7, 11) is 0. The molecular formula is C25H33N3O4. The van der Waals surface area contributed by atoms with Crippen molar-refractivity contribution in [3.05, 3.63) is 60.1 Å². The van der Waals surface area contributed by atoms with E-state index in [-0.39, 0.29) is 36.9 Å². The lowest BCUT2D eigenvalue weighted by atomic mass is 9.91. The molecule has 0 spiro atoms. The molecule has 1 heterocycles. The molecule has 32 heavy (non-hydrogen) atoms. The van der Waals surface area contributed by atoms with E-state index in [2.05, 4.69) is 10.6 Å². The smallest absolute Gasteiger partial charge is 0.251 e. The molecule has 2 aromatic rings. The quantitative estimate of drug-likeness (QED) is 0.624. The van der Waals surface area contributed by atoms with E-state index in [0.29, 0.717) is 17.7 Å². The molecule has 1 fully saturated rings. The van der Waals surface area contributed by atoms with Crippen molar-refractivity contribution in [1.82, 2.24) is 15.5 Å². The fourth-order valence-electron chi connectivity index (χ4n) is 4.10. The van der Waals surface area contributed by atoms with E-state index in [4.69, 9.17) is 4.42 Å². The Hall–Kier alpha value is -3.09. The highest BCUT2D eigenvalue weighted by Gasteiger charge is 2.41. The van der Waals surface area contributed by atoms with Gasteiger partial charge >= 0.3 is 0 Å². The van der Waals surface area contributed by atoms with Crippen LogP contribution in [0.3, 0.4) is 0 Å². The van der Waals surface area contributed by atoms with Crippen LogP contribution in [0, 0.1) is 0 Å². The standard InChI is InChI=1S/C25H33N3O4/c1-3-25(2,24(31)27-20-13-8-5-9-14-20)28(18-21-15-10-16-32-21)22(29)17-26-23(30)19-11-6-4-7-12-19/h4,6-7,10-12,15-16,20H,3,5,8-9,13-14,17-18H2,1-2H3,(H,26,30)(H,27,31)/t25-/m0/s1. The molecule has 0 bridgehead atoms. The zero-order valence-corrected chi connectivity index (χ0v) is 18.9. The van der Waals surface area contributed by atoms with Crippen LogP contribution in [0.1, 0.15) is 68.5 Å². The van der Waals surface area contributed by atoms with Gasteiger partial charge in [-0.1, -0.05) is 44.4 Å². The number of nitrogens with one attached hydrogen (secondary N) is 2. The third-order valence-corrected chi connectivity index (χ3v) is 6.34. The Morgan fingerprint density at radius 2 is 1.78 bits per heavy atom. The fourth-order valence-corrected chi connectivity index (χ4v) is 4.10. The lowest BCUT2D eigenvalue weighted by molar-refractivity contribution is -0.148. The Labute approximate surface area is 189 Å². The lowest BCUT2D eigenvalue weighted by Gasteiger charge is -2.40. The van der Waals surface area contributed by atoms with Crippen LogP contribution in [0.2, 0.25) is 0 Å². The summed E-state index contributed by atoms with van der Waals surface area (Å²) in [6.07, 6.45) is 7.31. The van der Waals surface area contributed by atoms with Crippen LogP contribution < -0.4 is 10.6 Å². The van der Waals surface area contributed by atoms with Gasteiger partial charge in [-0.3, -0.25) is 14.4 Å². The maximum atomic E-state index is 13.4. The van der Waals surface area contributed by atoms with Crippen molar-refractivity contribution in [3.8, 4) is 0 Å². The first-order chi connectivity index (χ1) is 15.4. The predicted molar refractivity (Wildman–Crippen MR) is 122 cm³/mol. The molecule has 1 aliphatic rings. The fraction of sp³-hybridized carbons (Fsp3) is 0.480. The first-order valence-corrected chi connectivity index (χ1v) is 11.4. The molecule has 1 aromatic carbocycles. The molecule has 1 aromatic heterocycles. The SMILES string of the molecule is CC[C@@](C)(C(=O)NC1CCCCC1)N(Cc1ccco1)C(=O)CNC(=O)c1ccccc1. The van der Waals surface area contributed by atoms with Gasteiger partial charge in [0, 0.05) is 11.6 Å². The van der Waals surface area contributed by atoms with E-state index in [9.17, 15) is 14.4 Å². The Bertz CT molecular complexity index is 891. The summed E-state index contributed by atoms with van der Waals surface area (Å²) in [5.41, 5.74) is -0.593. The molecule has 1 aliphatic carbocycles. The summed E-state index contributed by atoms with van der Waals surface area (Å²) in [6, 6.07) is 12.4. The number of carbonyl (C=O) groups is 3. The van der Waals surface area contributed by atoms with Crippen LogP contribution in [0.25, 0.3) is 0 Å². The molecule has 3 rings (SSSR count). The van der Waals surface area contributed by atoms with Gasteiger partial charge in [-0.2, -0.15) is 0 Å². The third kappa shape index (κ3) is 5.78. The Balaban J connectivity index is 1.75. The van der Waals surface area contributed by atoms with Gasteiger partial charge in [-0.05, 0) is 50.5 Å². The maximum Gasteiger partial charge on any atom is 0.251 e. The average Bonchev–Trinajstić information content (AvgIpc) is 3.35. The van der Waals surface area contributed by atoms with Gasteiger partial charge in [0.1, 0.15) is 11.3 Å². The zero-order chi connectivity index (χ0) is 23.0. The molecule has 1 atom stereocenters. The Morgan fingerprint density at radius 1 is 1.06 bits per heavy atom. The van der Waals surface area contributed by atoms with E-state index in [0.717, 1.165) is 25.7 Å². The number of nitrogens with zero attached hydrogens (tertiary/aromatic N) is 1. The minimum atomic E-state index is -1.07. The minimum Gasteiger partial charge on any atom is -0.467 e. The second-order valence-electron chi connectivity index (χ2n) is 8.54. The zero-order valence-electron chi connectivity index (χ0n) is 18.9. The summed E-state index contributed by atoms with van der Waals surface area (Å²) in [5, 5.41) is 5.85. The van der Waals surface area contributed by atoms with Crippen molar-refractivity contribution in [2.45, 2.75) is 70.5 Å². The van der Waals surface area contributed by atoms with Crippen LogP contribution in [0.15, 0.2) is 53.1 Å². The average molecular weight is 440 g/mol. The molecule has 7 heteroatoms. The van der Waals surface area contributed by atoms with E-state index in [1.807, 2.05) is 13.0 Å². The van der Waals surface area contributed by atoms with Crippen LogP contribution >= 0.6 is 0 Å². The maximum absolute atomic E-state index is 13.4. The molecule has 172 valence electrons. The van der Waals surface area contributed by atoms with Gasteiger partial charge in [0.25, 0.3) is 5.91 Å². The van der Waals surface area contributed by atoms with Gasteiger partial charge in [0.05, 0.1) is 19.4 Å². The molecule has 0 saturated heterocycles. The van der Waals surface area contributed by atoms with Gasteiger partial charge in [0.2, 0.25) is 11.8 Å². The van der Waals surface area contributed by atoms with Crippen LogP contribution in [0.4, 0.5) is 0 Å². The van der Waals surface area contributed by atoms with Crippen LogP contribution in [0.5, 0.6) is 0 Å². The molecule has 7 nitrogen and oxygen atoms in total. The van der Waals surface area contributed by atoms with Crippen molar-refractivity contribution in [2.75, 3.05) is 6.54 Å². The molecule has 0 unspecified atom stereocenters. The summed E-state index contributed by atoms with van der Waals surface area (Å²) in [5.74, 6) is -0.255. The van der Waals surface area contributed by atoms with E-state index < -0.39 is 5.54 Å².